The van der Waals surface area contributed by atoms with Crippen molar-refractivity contribution >= 4 is 5.91 Å². The molecule has 3 nitrogen and oxygen atoms in total. The minimum atomic E-state index is -0.361. The van der Waals surface area contributed by atoms with Crippen molar-refractivity contribution < 1.29 is 9.18 Å². The van der Waals surface area contributed by atoms with E-state index >= 15 is 0 Å². The van der Waals surface area contributed by atoms with Crippen LogP contribution >= 0.6 is 0 Å². The largest absolute Gasteiger partial charge is 0.334 e. The Kier molecular flexibility index (Phi) is 4.07. The zero-order chi connectivity index (χ0) is 16.5. The highest BCUT2D eigenvalue weighted by Gasteiger charge is 2.40. The van der Waals surface area contributed by atoms with Gasteiger partial charge in [0.2, 0.25) is 0 Å². The fraction of sp³-hybridized carbons (Fsp3) is 0.350. The number of carbonyl (C=O) groups excluding carboxylic acids is 1. The Morgan fingerprint density at radius 2 is 2.00 bits per heavy atom. The third kappa shape index (κ3) is 3.06. The van der Waals surface area contributed by atoms with Crippen LogP contribution in [0.2, 0.25) is 0 Å². The number of hydrogen-bond acceptors (Lipinski definition) is 2. The van der Waals surface area contributed by atoms with E-state index in [-0.39, 0.29) is 17.8 Å². The maximum atomic E-state index is 13.3. The predicted octanol–water partition coefficient (Wildman–Crippen LogP) is 3.19. The number of hydrogen-bond donors (Lipinski definition) is 1. The Morgan fingerprint density at radius 1 is 1.17 bits per heavy atom. The molecule has 4 rings (SSSR count). The molecule has 0 bridgehead atoms. The first kappa shape index (κ1) is 15.3. The fourth-order valence-corrected chi connectivity index (χ4v) is 3.48. The molecule has 2 fully saturated rings. The lowest BCUT2D eigenvalue weighted by atomic mass is 10.0. The first-order chi connectivity index (χ1) is 11.7. The van der Waals surface area contributed by atoms with Gasteiger partial charge in [-0.05, 0) is 36.6 Å². The van der Waals surface area contributed by atoms with Crippen LogP contribution in [0.3, 0.4) is 0 Å². The molecule has 1 amide bonds. The van der Waals surface area contributed by atoms with Crippen LogP contribution in [-0.4, -0.2) is 36.0 Å². The number of nitrogens with zero attached hydrogens (tertiary/aromatic N) is 1. The second kappa shape index (κ2) is 6.36. The molecule has 0 aromatic heterocycles. The van der Waals surface area contributed by atoms with Gasteiger partial charge in [-0.15, -0.1) is 0 Å². The summed E-state index contributed by atoms with van der Waals surface area (Å²) in [7, 11) is 0. The van der Waals surface area contributed by atoms with Gasteiger partial charge in [0.1, 0.15) is 5.82 Å². The number of benzene rings is 2. The second-order valence-electron chi connectivity index (χ2n) is 6.72. The van der Waals surface area contributed by atoms with Crippen LogP contribution < -0.4 is 5.32 Å². The molecule has 3 atom stereocenters. The third-order valence-electron chi connectivity index (χ3n) is 5.11. The number of carbonyl (C=O) groups is 1. The molecule has 2 aromatic carbocycles. The van der Waals surface area contributed by atoms with Crippen molar-refractivity contribution in [2.24, 2.45) is 0 Å². The lowest BCUT2D eigenvalue weighted by Gasteiger charge is -2.41. The van der Waals surface area contributed by atoms with Crippen LogP contribution in [0.1, 0.15) is 34.7 Å². The number of amides is 1. The van der Waals surface area contributed by atoms with Gasteiger partial charge >= 0.3 is 0 Å². The average molecular weight is 324 g/mol. The summed E-state index contributed by atoms with van der Waals surface area (Å²) in [6.45, 7) is 1.57. The first-order valence-corrected chi connectivity index (χ1v) is 8.57. The van der Waals surface area contributed by atoms with Gasteiger partial charge in [-0.2, -0.15) is 0 Å². The Labute approximate surface area is 141 Å². The summed E-state index contributed by atoms with van der Waals surface area (Å²) in [4.78, 5) is 14.3. The molecule has 1 saturated heterocycles. The van der Waals surface area contributed by atoms with Gasteiger partial charge in [0, 0.05) is 36.7 Å². The molecule has 1 heterocycles. The number of rotatable bonds is 5. The molecule has 1 unspecified atom stereocenters. The maximum absolute atomic E-state index is 13.3. The summed E-state index contributed by atoms with van der Waals surface area (Å²) in [5.74, 6) is 0.168. The van der Waals surface area contributed by atoms with Crippen molar-refractivity contribution in [3.8, 4) is 0 Å². The van der Waals surface area contributed by atoms with Crippen LogP contribution in [-0.2, 0) is 0 Å². The van der Waals surface area contributed by atoms with E-state index in [0.29, 0.717) is 17.5 Å². The third-order valence-corrected chi connectivity index (χ3v) is 5.11. The summed E-state index contributed by atoms with van der Waals surface area (Å²) in [6.07, 6.45) is 2.17. The van der Waals surface area contributed by atoms with Gasteiger partial charge in [-0.25, -0.2) is 4.39 Å². The molecule has 24 heavy (non-hydrogen) atoms. The summed E-state index contributed by atoms with van der Waals surface area (Å²) in [5.41, 5.74) is 1.82. The van der Waals surface area contributed by atoms with Crippen LogP contribution in [0.4, 0.5) is 4.39 Å². The summed E-state index contributed by atoms with van der Waals surface area (Å²) in [6, 6.07) is 17.2. The minimum Gasteiger partial charge on any atom is -0.334 e. The van der Waals surface area contributed by atoms with Gasteiger partial charge in [0.05, 0.1) is 0 Å². The highest BCUT2D eigenvalue weighted by molar-refractivity contribution is 5.94. The lowest BCUT2D eigenvalue weighted by Crippen LogP contribution is -2.55. The second-order valence-corrected chi connectivity index (χ2v) is 6.72. The fourth-order valence-electron chi connectivity index (χ4n) is 3.48. The maximum Gasteiger partial charge on any atom is 0.254 e. The van der Waals surface area contributed by atoms with Crippen molar-refractivity contribution in [3.63, 3.8) is 0 Å². The van der Waals surface area contributed by atoms with E-state index in [1.54, 1.807) is 12.1 Å². The van der Waals surface area contributed by atoms with Crippen molar-refractivity contribution in [2.45, 2.75) is 30.8 Å². The zero-order valence-corrected chi connectivity index (χ0v) is 13.5. The molecule has 1 aliphatic carbocycles. The van der Waals surface area contributed by atoms with E-state index in [0.717, 1.165) is 25.9 Å². The average Bonchev–Trinajstić information content (AvgIpc) is 3.34. The van der Waals surface area contributed by atoms with Gasteiger partial charge in [-0.3, -0.25) is 4.79 Å². The Hall–Kier alpha value is -2.20. The van der Waals surface area contributed by atoms with E-state index < -0.39 is 0 Å². The lowest BCUT2D eigenvalue weighted by molar-refractivity contribution is 0.0462. The van der Waals surface area contributed by atoms with Gasteiger partial charge < -0.3 is 10.2 Å². The number of nitrogens with one attached hydrogen (secondary N) is 1. The van der Waals surface area contributed by atoms with E-state index in [2.05, 4.69) is 29.6 Å². The molecule has 0 spiro atoms. The van der Waals surface area contributed by atoms with Crippen molar-refractivity contribution in [1.29, 1.82) is 0 Å². The molecule has 2 aromatic rings. The minimum absolute atomic E-state index is 0.0667. The normalized spacial score (nSPS) is 25.2. The molecule has 124 valence electrons. The molecular formula is C20H21FN2O. The molecule has 2 aliphatic rings. The van der Waals surface area contributed by atoms with E-state index in [1.165, 1.54) is 17.7 Å². The van der Waals surface area contributed by atoms with Crippen molar-refractivity contribution in [1.82, 2.24) is 10.2 Å². The first-order valence-electron chi connectivity index (χ1n) is 8.57. The summed E-state index contributed by atoms with van der Waals surface area (Å²) in [5, 5.41) is 3.59. The quantitative estimate of drug-likeness (QED) is 0.916. The van der Waals surface area contributed by atoms with Gasteiger partial charge in [-0.1, -0.05) is 36.4 Å². The SMILES string of the molecule is O=C(c1cccc(F)c1)N1CCC1CN[C@@H]1C[C@H]1c1ccccc1. The number of likely N-dealkylation sites (tertiary alicyclic amines) is 1. The topological polar surface area (TPSA) is 32.3 Å². The van der Waals surface area contributed by atoms with Crippen molar-refractivity contribution in [3.05, 3.63) is 71.5 Å². The number of halogens is 1. The standard InChI is InChI=1S/C20H21FN2O/c21-16-8-4-7-15(11-16)20(24)23-10-9-17(23)13-22-19-12-18(19)14-5-2-1-3-6-14/h1-8,11,17-19,22H,9-10,12-13H2/t17?,18-,19+/m0/s1. The van der Waals surface area contributed by atoms with E-state index in [4.69, 9.17) is 0 Å². The zero-order valence-electron chi connectivity index (χ0n) is 13.5. The highest BCUT2D eigenvalue weighted by Crippen LogP contribution is 2.40. The smallest absolute Gasteiger partial charge is 0.254 e. The van der Waals surface area contributed by atoms with Gasteiger partial charge in [0.15, 0.2) is 0 Å². The van der Waals surface area contributed by atoms with E-state index in [1.807, 2.05) is 11.0 Å². The van der Waals surface area contributed by atoms with Crippen LogP contribution in [0.25, 0.3) is 0 Å². The molecule has 1 saturated carbocycles. The van der Waals surface area contributed by atoms with Crippen LogP contribution in [0.5, 0.6) is 0 Å². The molecule has 4 heteroatoms. The molecule has 1 aliphatic heterocycles. The van der Waals surface area contributed by atoms with Crippen LogP contribution in [0.15, 0.2) is 54.6 Å². The highest BCUT2D eigenvalue weighted by atomic mass is 19.1. The summed E-state index contributed by atoms with van der Waals surface area (Å²) >= 11 is 0. The molecule has 1 N–H and O–H groups in total. The Bertz CT molecular complexity index is 733. The Morgan fingerprint density at radius 3 is 2.71 bits per heavy atom. The van der Waals surface area contributed by atoms with Crippen LogP contribution in [0, 0.1) is 5.82 Å². The van der Waals surface area contributed by atoms with E-state index in [9.17, 15) is 9.18 Å². The Balaban J connectivity index is 1.30. The monoisotopic (exact) mass is 324 g/mol. The van der Waals surface area contributed by atoms with Gasteiger partial charge in [0.25, 0.3) is 5.91 Å². The summed E-state index contributed by atoms with van der Waals surface area (Å²) < 4.78 is 13.3. The molecule has 0 radical (unpaired) electrons. The molecular weight excluding hydrogens is 303 g/mol. The predicted molar refractivity (Wildman–Crippen MR) is 91.4 cm³/mol. The van der Waals surface area contributed by atoms with Crippen molar-refractivity contribution in [2.75, 3.05) is 13.1 Å².